The fraction of sp³-hybridized carbons (Fsp3) is 0.429. The smallest absolute Gasteiger partial charge is 0.225 e. The summed E-state index contributed by atoms with van der Waals surface area (Å²) >= 11 is 0. The second kappa shape index (κ2) is 5.81. The highest BCUT2D eigenvalue weighted by Gasteiger charge is 2.27. The van der Waals surface area contributed by atoms with Gasteiger partial charge in [0.15, 0.2) is 5.82 Å². The molecule has 6 heteroatoms. The Balaban J connectivity index is 1.70. The summed E-state index contributed by atoms with van der Waals surface area (Å²) in [4.78, 5) is 13.0. The van der Waals surface area contributed by atoms with E-state index in [1.54, 1.807) is 18.6 Å². The predicted molar refractivity (Wildman–Crippen MR) is 77.7 cm³/mol. The Labute approximate surface area is 118 Å². The van der Waals surface area contributed by atoms with E-state index in [-0.39, 0.29) is 0 Å². The van der Waals surface area contributed by atoms with Gasteiger partial charge in [0.1, 0.15) is 0 Å². The lowest BCUT2D eigenvalue weighted by Crippen LogP contribution is -2.40. The molecule has 2 aromatic rings. The van der Waals surface area contributed by atoms with Gasteiger partial charge >= 0.3 is 0 Å². The van der Waals surface area contributed by atoms with Gasteiger partial charge in [0.05, 0.1) is 0 Å². The molecule has 6 nitrogen and oxygen atoms in total. The van der Waals surface area contributed by atoms with Crippen molar-refractivity contribution in [3.05, 3.63) is 36.8 Å². The Morgan fingerprint density at radius 3 is 2.85 bits per heavy atom. The van der Waals surface area contributed by atoms with Gasteiger partial charge < -0.3 is 9.80 Å². The van der Waals surface area contributed by atoms with E-state index in [4.69, 9.17) is 0 Å². The molecule has 1 unspecified atom stereocenters. The van der Waals surface area contributed by atoms with Crippen molar-refractivity contribution >= 4 is 11.8 Å². The molecule has 0 amide bonds. The summed E-state index contributed by atoms with van der Waals surface area (Å²) in [6.45, 7) is 1.92. The molecule has 0 bridgehead atoms. The highest BCUT2D eigenvalue weighted by molar-refractivity contribution is 5.40. The maximum Gasteiger partial charge on any atom is 0.225 e. The molecule has 0 N–H and O–H groups in total. The summed E-state index contributed by atoms with van der Waals surface area (Å²) in [5.74, 6) is 1.72. The van der Waals surface area contributed by atoms with Crippen molar-refractivity contribution in [2.75, 3.05) is 29.9 Å². The van der Waals surface area contributed by atoms with Crippen LogP contribution in [-0.2, 0) is 0 Å². The number of aromatic nitrogens is 4. The van der Waals surface area contributed by atoms with Crippen molar-refractivity contribution in [1.29, 1.82) is 0 Å². The van der Waals surface area contributed by atoms with Crippen molar-refractivity contribution in [2.45, 2.75) is 18.9 Å². The average molecular weight is 270 g/mol. The van der Waals surface area contributed by atoms with Crippen molar-refractivity contribution < 1.29 is 0 Å². The molecular formula is C14H18N6. The van der Waals surface area contributed by atoms with Crippen LogP contribution in [-0.4, -0.2) is 46.3 Å². The van der Waals surface area contributed by atoms with Crippen LogP contribution in [0.4, 0.5) is 11.8 Å². The van der Waals surface area contributed by atoms with Gasteiger partial charge in [-0.05, 0) is 31.0 Å². The van der Waals surface area contributed by atoms with Gasteiger partial charge in [-0.2, -0.15) is 5.10 Å². The van der Waals surface area contributed by atoms with Gasteiger partial charge in [0.2, 0.25) is 5.95 Å². The highest BCUT2D eigenvalue weighted by atomic mass is 15.3. The first kappa shape index (κ1) is 12.8. The number of hydrogen-bond acceptors (Lipinski definition) is 6. The zero-order chi connectivity index (χ0) is 13.8. The minimum atomic E-state index is 0.431. The standard InChI is InChI=1S/C14H18N6/c1-19(14-15-7-4-8-16-14)11-12-5-3-10-20(12)13-6-2-9-17-18-13/h2,4,6-9,12H,3,5,10-11H2,1H3. The Morgan fingerprint density at radius 2 is 2.10 bits per heavy atom. The molecule has 0 radical (unpaired) electrons. The van der Waals surface area contributed by atoms with Gasteiger partial charge in [-0.3, -0.25) is 0 Å². The van der Waals surface area contributed by atoms with E-state index in [0.717, 1.165) is 31.3 Å². The molecule has 0 saturated carbocycles. The van der Waals surface area contributed by atoms with Gasteiger partial charge in [-0.1, -0.05) is 0 Å². The van der Waals surface area contributed by atoms with E-state index in [0.29, 0.717) is 6.04 Å². The summed E-state index contributed by atoms with van der Waals surface area (Å²) in [6, 6.07) is 6.21. The molecule has 104 valence electrons. The average Bonchev–Trinajstić information content (AvgIpc) is 2.97. The fourth-order valence-electron chi connectivity index (χ4n) is 2.66. The molecule has 2 aromatic heterocycles. The first-order valence-corrected chi connectivity index (χ1v) is 6.87. The second-order valence-corrected chi connectivity index (χ2v) is 5.00. The molecule has 1 aliphatic heterocycles. The van der Waals surface area contributed by atoms with E-state index in [1.807, 2.05) is 25.2 Å². The number of hydrogen-bond donors (Lipinski definition) is 0. The van der Waals surface area contributed by atoms with Crippen molar-refractivity contribution in [3.63, 3.8) is 0 Å². The normalized spacial score (nSPS) is 18.2. The van der Waals surface area contributed by atoms with Crippen LogP contribution in [0.1, 0.15) is 12.8 Å². The monoisotopic (exact) mass is 270 g/mol. The molecule has 0 spiro atoms. The second-order valence-electron chi connectivity index (χ2n) is 5.00. The molecule has 3 rings (SSSR count). The van der Waals surface area contributed by atoms with E-state index >= 15 is 0 Å². The molecule has 3 heterocycles. The van der Waals surface area contributed by atoms with Crippen LogP contribution in [0.5, 0.6) is 0 Å². The fourth-order valence-corrected chi connectivity index (χ4v) is 2.66. The van der Waals surface area contributed by atoms with E-state index in [1.165, 1.54) is 6.42 Å². The Kier molecular flexibility index (Phi) is 3.71. The lowest BCUT2D eigenvalue weighted by molar-refractivity contribution is 0.639. The van der Waals surface area contributed by atoms with E-state index in [9.17, 15) is 0 Å². The first-order valence-electron chi connectivity index (χ1n) is 6.87. The van der Waals surface area contributed by atoms with Crippen LogP contribution in [0.3, 0.4) is 0 Å². The third kappa shape index (κ3) is 2.68. The minimum absolute atomic E-state index is 0.431. The van der Waals surface area contributed by atoms with E-state index < -0.39 is 0 Å². The molecule has 20 heavy (non-hydrogen) atoms. The zero-order valence-corrected chi connectivity index (χ0v) is 11.6. The predicted octanol–water partition coefficient (Wildman–Crippen LogP) is 1.37. The molecule has 1 fully saturated rings. The Hall–Kier alpha value is -2.24. The van der Waals surface area contributed by atoms with Crippen molar-refractivity contribution in [1.82, 2.24) is 20.2 Å². The molecular weight excluding hydrogens is 252 g/mol. The van der Waals surface area contributed by atoms with Gasteiger partial charge in [0, 0.05) is 44.8 Å². The third-order valence-corrected chi connectivity index (χ3v) is 3.61. The lowest BCUT2D eigenvalue weighted by atomic mass is 10.2. The first-order chi connectivity index (χ1) is 9.84. The maximum absolute atomic E-state index is 4.29. The van der Waals surface area contributed by atoms with Crippen LogP contribution in [0.15, 0.2) is 36.8 Å². The molecule has 1 saturated heterocycles. The minimum Gasteiger partial charge on any atom is -0.350 e. The van der Waals surface area contributed by atoms with Gasteiger partial charge in [0.25, 0.3) is 0 Å². The van der Waals surface area contributed by atoms with Crippen LogP contribution in [0.2, 0.25) is 0 Å². The summed E-state index contributed by atoms with van der Waals surface area (Å²) < 4.78 is 0. The maximum atomic E-state index is 4.29. The topological polar surface area (TPSA) is 58.0 Å². The van der Waals surface area contributed by atoms with Crippen LogP contribution >= 0.6 is 0 Å². The van der Waals surface area contributed by atoms with Crippen molar-refractivity contribution in [3.8, 4) is 0 Å². The zero-order valence-electron chi connectivity index (χ0n) is 11.6. The molecule has 0 aliphatic carbocycles. The molecule has 0 aromatic carbocycles. The lowest BCUT2D eigenvalue weighted by Gasteiger charge is -2.29. The number of rotatable bonds is 4. The van der Waals surface area contributed by atoms with Gasteiger partial charge in [-0.15, -0.1) is 5.10 Å². The summed E-state index contributed by atoms with van der Waals surface area (Å²) in [5, 5.41) is 8.19. The number of anilines is 2. The van der Waals surface area contributed by atoms with Crippen LogP contribution < -0.4 is 9.80 Å². The van der Waals surface area contributed by atoms with Crippen molar-refractivity contribution in [2.24, 2.45) is 0 Å². The van der Waals surface area contributed by atoms with E-state index in [2.05, 4.69) is 30.0 Å². The highest BCUT2D eigenvalue weighted by Crippen LogP contribution is 2.24. The number of likely N-dealkylation sites (N-methyl/N-ethyl adjacent to an activating group) is 1. The van der Waals surface area contributed by atoms with Crippen LogP contribution in [0.25, 0.3) is 0 Å². The Morgan fingerprint density at radius 1 is 1.25 bits per heavy atom. The number of nitrogens with zero attached hydrogens (tertiary/aromatic N) is 6. The molecule has 1 aliphatic rings. The van der Waals surface area contributed by atoms with Crippen LogP contribution in [0, 0.1) is 0 Å². The quantitative estimate of drug-likeness (QED) is 0.836. The molecule has 1 atom stereocenters. The SMILES string of the molecule is CN(CC1CCCN1c1cccnn1)c1ncccn1. The summed E-state index contributed by atoms with van der Waals surface area (Å²) in [5.41, 5.74) is 0. The van der Waals surface area contributed by atoms with Gasteiger partial charge in [-0.25, -0.2) is 9.97 Å². The summed E-state index contributed by atoms with van der Waals surface area (Å²) in [7, 11) is 2.03. The summed E-state index contributed by atoms with van der Waals surface area (Å²) in [6.07, 6.45) is 7.60. The third-order valence-electron chi connectivity index (χ3n) is 3.61. The largest absolute Gasteiger partial charge is 0.350 e. The Bertz CT molecular complexity index is 532.